The van der Waals surface area contributed by atoms with Gasteiger partial charge in [0.25, 0.3) is 0 Å². The van der Waals surface area contributed by atoms with E-state index in [0.29, 0.717) is 0 Å². The van der Waals surface area contributed by atoms with E-state index in [-0.39, 0.29) is 36.1 Å². The molecule has 0 aromatic heterocycles. The Hall–Kier alpha value is -3.40. The van der Waals surface area contributed by atoms with Crippen molar-refractivity contribution in [3.8, 4) is 0 Å². The van der Waals surface area contributed by atoms with Gasteiger partial charge in [0.1, 0.15) is 0 Å². The first-order valence-electron chi connectivity index (χ1n) is 15.1. The van der Waals surface area contributed by atoms with E-state index < -0.39 is 33.8 Å². The number of carbonyl (C=O) groups is 2. The van der Waals surface area contributed by atoms with Crippen molar-refractivity contribution in [3.63, 3.8) is 0 Å². The molecule has 0 amide bonds. The van der Waals surface area contributed by atoms with E-state index in [1.165, 1.54) is 14.2 Å². The minimum Gasteiger partial charge on any atom is -0.469 e. The summed E-state index contributed by atoms with van der Waals surface area (Å²) in [6.07, 6.45) is -0.798. The molecule has 1 saturated heterocycles. The number of hydrogen-bond acceptors (Lipinski definition) is 6. The third kappa shape index (κ3) is 8.07. The van der Waals surface area contributed by atoms with Crippen molar-refractivity contribution in [2.24, 2.45) is 0 Å². The van der Waals surface area contributed by atoms with Crippen molar-refractivity contribution in [1.29, 1.82) is 0 Å². The van der Waals surface area contributed by atoms with Crippen LogP contribution in [0.25, 0.3) is 0 Å². The molecule has 0 spiro atoms. The zero-order valence-corrected chi connectivity index (χ0v) is 27.9. The minimum atomic E-state index is -1.12. The van der Waals surface area contributed by atoms with Crippen molar-refractivity contribution in [3.05, 3.63) is 121 Å². The summed E-state index contributed by atoms with van der Waals surface area (Å²) < 4.78 is 24.3. The van der Waals surface area contributed by atoms with Crippen molar-refractivity contribution in [2.75, 3.05) is 14.2 Å². The van der Waals surface area contributed by atoms with E-state index in [0.717, 1.165) is 21.2 Å². The Bertz CT molecular complexity index is 1320. The van der Waals surface area contributed by atoms with Gasteiger partial charge in [-0.05, 0) is 50.9 Å². The fourth-order valence-corrected chi connectivity index (χ4v) is 11.9. The summed E-state index contributed by atoms with van der Waals surface area (Å²) in [5.74, 6) is -1.59. The molecule has 4 aromatic carbocycles. The van der Waals surface area contributed by atoms with E-state index in [9.17, 15) is 9.59 Å². The van der Waals surface area contributed by atoms with Gasteiger partial charge in [-0.25, -0.2) is 0 Å². The molecule has 0 saturated carbocycles. The summed E-state index contributed by atoms with van der Waals surface area (Å²) >= 11 is 0. The van der Waals surface area contributed by atoms with Crippen LogP contribution in [0.15, 0.2) is 121 Å². The van der Waals surface area contributed by atoms with Crippen LogP contribution in [0.3, 0.4) is 0 Å². The van der Waals surface area contributed by atoms with Crippen molar-refractivity contribution in [1.82, 2.24) is 0 Å². The van der Waals surface area contributed by atoms with Gasteiger partial charge in [0.05, 0.1) is 39.3 Å². The van der Waals surface area contributed by atoms with Gasteiger partial charge in [-0.1, -0.05) is 121 Å². The maximum Gasteiger partial charge on any atom is 0.306 e. The number of benzene rings is 4. The molecule has 0 N–H and O–H groups in total. The molecule has 4 atom stereocenters. The van der Waals surface area contributed by atoms with Crippen LogP contribution in [-0.4, -0.2) is 55.5 Å². The van der Waals surface area contributed by atoms with Crippen LogP contribution < -0.4 is 21.2 Å². The van der Waals surface area contributed by atoms with Gasteiger partial charge in [-0.15, -0.1) is 0 Å². The van der Waals surface area contributed by atoms with E-state index in [4.69, 9.17) is 18.9 Å². The topological polar surface area (TPSA) is 71.1 Å². The van der Waals surface area contributed by atoms with Gasteiger partial charge in [0, 0.05) is 11.3 Å². The highest BCUT2D eigenvalue weighted by molar-refractivity contribution is 7.74. The van der Waals surface area contributed by atoms with Crippen LogP contribution in [0, 0.1) is 0 Å². The molecule has 0 unspecified atom stereocenters. The molecule has 4 aromatic rings. The lowest BCUT2D eigenvalue weighted by Crippen LogP contribution is -2.46. The summed E-state index contributed by atoms with van der Waals surface area (Å²) in [4.78, 5) is 26.4. The second kappa shape index (κ2) is 15.3. The summed E-state index contributed by atoms with van der Waals surface area (Å²) in [6, 6.07) is 41.2. The number of ether oxygens (including phenoxy) is 4. The first-order chi connectivity index (χ1) is 21.8. The van der Waals surface area contributed by atoms with Crippen LogP contribution >= 0.6 is 15.8 Å². The minimum absolute atomic E-state index is 0.131. The maximum atomic E-state index is 13.2. The number of carbonyl (C=O) groups excluding carboxylic acids is 2. The molecule has 0 bridgehead atoms. The standard InChI is InChI=1S/C37H40O6P2/c1-37(2)42-35(31(25-33(38)40-3)44(27-17-9-5-10-18-27)28-19-11-6-12-20-28)36(43-37)32(26-34(39)41-4)45(29-21-13-7-14-22-29)30-23-15-8-16-24-30/h5-24,31-32,35-36H,25-26H2,1-4H3/t31-,32-,35+,36+/m0/s1. The highest BCUT2D eigenvalue weighted by Crippen LogP contribution is 2.53. The number of rotatable bonds is 12. The Morgan fingerprint density at radius 1 is 0.578 bits per heavy atom. The predicted octanol–water partition coefficient (Wildman–Crippen LogP) is 5.64. The first kappa shape index (κ1) is 33.0. The van der Waals surface area contributed by atoms with Gasteiger partial charge in [0.15, 0.2) is 5.79 Å². The molecule has 6 nitrogen and oxygen atoms in total. The molecule has 1 aliphatic heterocycles. The van der Waals surface area contributed by atoms with Crippen LogP contribution in [0.1, 0.15) is 26.7 Å². The third-order valence-corrected chi connectivity index (χ3v) is 13.6. The second-order valence-electron chi connectivity index (χ2n) is 11.3. The quantitative estimate of drug-likeness (QED) is 0.147. The third-order valence-electron chi connectivity index (χ3n) is 7.93. The van der Waals surface area contributed by atoms with E-state index >= 15 is 0 Å². The number of methoxy groups -OCH3 is 2. The molecular formula is C37H40O6P2. The maximum absolute atomic E-state index is 13.2. The molecule has 0 radical (unpaired) electrons. The molecule has 234 valence electrons. The van der Waals surface area contributed by atoms with E-state index in [1.807, 2.05) is 86.6 Å². The number of hydrogen-bond donors (Lipinski definition) is 0. The van der Waals surface area contributed by atoms with Gasteiger partial charge >= 0.3 is 11.9 Å². The highest BCUT2D eigenvalue weighted by atomic mass is 31.1. The largest absolute Gasteiger partial charge is 0.469 e. The van der Waals surface area contributed by atoms with Crippen LogP contribution in [0.4, 0.5) is 0 Å². The Kier molecular flexibility index (Phi) is 11.2. The summed E-state index contributed by atoms with van der Waals surface area (Å²) in [6.45, 7) is 3.82. The second-order valence-corrected chi connectivity index (χ2v) is 16.2. The monoisotopic (exact) mass is 642 g/mol. The van der Waals surface area contributed by atoms with Crippen molar-refractivity contribution in [2.45, 2.75) is 56.0 Å². The number of esters is 2. The van der Waals surface area contributed by atoms with E-state index in [1.54, 1.807) is 0 Å². The Morgan fingerprint density at radius 3 is 1.09 bits per heavy atom. The lowest BCUT2D eigenvalue weighted by Gasteiger charge is -2.38. The molecule has 0 aliphatic carbocycles. The Labute approximate surface area is 268 Å². The molecule has 1 aliphatic rings. The SMILES string of the molecule is COC(=O)C[C@@H]([C@H]1OC(C)(C)O[C@@H]1[C@H](CC(=O)OC)P(c1ccccc1)c1ccccc1)P(c1ccccc1)c1ccccc1. The zero-order chi connectivity index (χ0) is 31.8. The zero-order valence-electron chi connectivity index (χ0n) is 26.1. The normalized spacial score (nSPS) is 18.8. The molecule has 1 fully saturated rings. The highest BCUT2D eigenvalue weighted by Gasteiger charge is 2.53. The fraction of sp³-hybridized carbons (Fsp3) is 0.297. The van der Waals surface area contributed by atoms with Crippen molar-refractivity contribution < 1.29 is 28.5 Å². The van der Waals surface area contributed by atoms with Crippen LogP contribution in [-0.2, 0) is 28.5 Å². The predicted molar refractivity (Wildman–Crippen MR) is 183 cm³/mol. The fourth-order valence-electron chi connectivity index (χ4n) is 6.05. The van der Waals surface area contributed by atoms with E-state index in [2.05, 4.69) is 48.5 Å². The van der Waals surface area contributed by atoms with Crippen LogP contribution in [0.5, 0.6) is 0 Å². The molecule has 1 heterocycles. The average molecular weight is 643 g/mol. The van der Waals surface area contributed by atoms with Gasteiger partial charge in [-0.2, -0.15) is 0 Å². The van der Waals surface area contributed by atoms with Gasteiger partial charge < -0.3 is 18.9 Å². The molecule has 8 heteroatoms. The summed E-state index contributed by atoms with van der Waals surface area (Å²) in [5, 5.41) is 4.49. The smallest absolute Gasteiger partial charge is 0.306 e. The summed E-state index contributed by atoms with van der Waals surface area (Å²) in [7, 11) is 0.596. The summed E-state index contributed by atoms with van der Waals surface area (Å²) in [5.41, 5.74) is -0.625. The Morgan fingerprint density at radius 2 is 0.844 bits per heavy atom. The average Bonchev–Trinajstić information content (AvgIpc) is 3.40. The Balaban J connectivity index is 1.70. The lowest BCUT2D eigenvalue weighted by molar-refractivity contribution is -0.151. The first-order valence-corrected chi connectivity index (χ1v) is 17.9. The van der Waals surface area contributed by atoms with Crippen molar-refractivity contribution >= 4 is 49.0 Å². The lowest BCUT2D eigenvalue weighted by atomic mass is 10.0. The molecule has 5 rings (SSSR count). The van der Waals surface area contributed by atoms with Gasteiger partial charge in [-0.3, -0.25) is 9.59 Å². The van der Waals surface area contributed by atoms with Crippen LogP contribution in [0.2, 0.25) is 0 Å². The molecular weight excluding hydrogens is 602 g/mol. The van der Waals surface area contributed by atoms with Gasteiger partial charge in [0.2, 0.25) is 0 Å². The molecule has 45 heavy (non-hydrogen) atoms.